The number of aliphatic hydroxyl groups is 1. The zero-order chi connectivity index (χ0) is 11.4. The number of piperidine rings is 1. The van der Waals surface area contributed by atoms with E-state index in [4.69, 9.17) is 9.52 Å². The van der Waals surface area contributed by atoms with Crippen LogP contribution in [0.4, 0.5) is 6.01 Å². The van der Waals surface area contributed by atoms with Gasteiger partial charge in [-0.05, 0) is 25.2 Å². The molecule has 1 aromatic rings. The van der Waals surface area contributed by atoms with E-state index in [0.29, 0.717) is 5.92 Å². The summed E-state index contributed by atoms with van der Waals surface area (Å²) in [6, 6.07) is 0.750. The predicted octanol–water partition coefficient (Wildman–Crippen LogP) is 1.84. The second-order valence-corrected chi connectivity index (χ2v) is 4.43. The molecule has 2 rings (SSSR count). The van der Waals surface area contributed by atoms with E-state index in [1.54, 1.807) is 0 Å². The number of oxazole rings is 1. The Morgan fingerprint density at radius 2 is 2.50 bits per heavy atom. The van der Waals surface area contributed by atoms with Crippen LogP contribution in [0.5, 0.6) is 0 Å². The molecule has 4 heteroatoms. The van der Waals surface area contributed by atoms with Crippen LogP contribution in [0, 0.1) is 5.92 Å². The number of hydrogen-bond donors (Lipinski definition) is 1. The Balaban J connectivity index is 1.98. The third-order valence-corrected chi connectivity index (χ3v) is 3.22. The van der Waals surface area contributed by atoms with E-state index in [9.17, 15) is 0 Å². The van der Waals surface area contributed by atoms with Gasteiger partial charge in [-0.1, -0.05) is 6.92 Å². The molecule has 4 nitrogen and oxygen atoms in total. The minimum Gasteiger partial charge on any atom is -0.429 e. The second kappa shape index (κ2) is 5.34. The van der Waals surface area contributed by atoms with E-state index in [2.05, 4.69) is 16.8 Å². The van der Waals surface area contributed by atoms with Gasteiger partial charge in [0, 0.05) is 26.1 Å². The highest BCUT2D eigenvalue weighted by Gasteiger charge is 2.22. The average molecular weight is 224 g/mol. The molecule has 2 heterocycles. The van der Waals surface area contributed by atoms with Gasteiger partial charge in [0.1, 0.15) is 5.76 Å². The largest absolute Gasteiger partial charge is 0.429 e. The van der Waals surface area contributed by atoms with Gasteiger partial charge in [-0.2, -0.15) is 0 Å². The normalized spacial score (nSPS) is 21.4. The van der Waals surface area contributed by atoms with Crippen LogP contribution < -0.4 is 4.90 Å². The Bertz CT molecular complexity index is 323. The first-order valence-electron chi connectivity index (χ1n) is 6.14. The number of nitrogens with zero attached hydrogens (tertiary/aromatic N) is 2. The van der Waals surface area contributed by atoms with Crippen molar-refractivity contribution in [2.45, 2.75) is 32.6 Å². The molecule has 0 bridgehead atoms. The van der Waals surface area contributed by atoms with Gasteiger partial charge in [0.05, 0.1) is 6.20 Å². The molecule has 0 radical (unpaired) electrons. The van der Waals surface area contributed by atoms with Crippen molar-refractivity contribution < 1.29 is 9.52 Å². The van der Waals surface area contributed by atoms with E-state index in [1.165, 1.54) is 6.42 Å². The summed E-state index contributed by atoms with van der Waals surface area (Å²) in [5.74, 6) is 1.52. The Kier molecular flexibility index (Phi) is 3.83. The molecule has 1 aromatic heterocycles. The minimum absolute atomic E-state index is 0.282. The molecule has 16 heavy (non-hydrogen) atoms. The summed E-state index contributed by atoms with van der Waals surface area (Å²) in [5, 5.41) is 8.96. The first-order chi connectivity index (χ1) is 7.83. The van der Waals surface area contributed by atoms with Crippen LogP contribution in [0.2, 0.25) is 0 Å². The maximum absolute atomic E-state index is 8.96. The smallest absolute Gasteiger partial charge is 0.297 e. The number of aryl methyl sites for hydroxylation is 1. The molecule has 90 valence electrons. The molecule has 0 amide bonds. The van der Waals surface area contributed by atoms with Gasteiger partial charge in [-0.3, -0.25) is 0 Å². The fourth-order valence-corrected chi connectivity index (χ4v) is 2.26. The first kappa shape index (κ1) is 11.5. The lowest BCUT2D eigenvalue weighted by Gasteiger charge is -2.31. The van der Waals surface area contributed by atoms with Crippen molar-refractivity contribution in [3.05, 3.63) is 12.0 Å². The highest BCUT2D eigenvalue weighted by molar-refractivity contribution is 5.27. The highest BCUT2D eigenvalue weighted by Crippen LogP contribution is 2.24. The standard InChI is InChI=1S/C12H20N2O2/c1-2-11-8-13-12(16-11)14-6-3-4-10(9-14)5-7-15/h8,10,15H,2-7,9H2,1H3. The number of aliphatic hydroxyl groups excluding tert-OH is 1. The number of hydrogen-bond acceptors (Lipinski definition) is 4. The average Bonchev–Trinajstić information content (AvgIpc) is 2.78. The first-order valence-corrected chi connectivity index (χ1v) is 6.14. The van der Waals surface area contributed by atoms with Crippen LogP contribution in [-0.4, -0.2) is 29.8 Å². The van der Waals surface area contributed by atoms with Gasteiger partial charge in [0.15, 0.2) is 0 Å². The van der Waals surface area contributed by atoms with Crippen LogP contribution >= 0.6 is 0 Å². The number of aromatic nitrogens is 1. The molecule has 1 aliphatic rings. The van der Waals surface area contributed by atoms with Gasteiger partial charge < -0.3 is 14.4 Å². The molecule has 1 fully saturated rings. The maximum Gasteiger partial charge on any atom is 0.297 e. The van der Waals surface area contributed by atoms with Crippen LogP contribution in [0.25, 0.3) is 0 Å². The van der Waals surface area contributed by atoms with E-state index in [0.717, 1.165) is 44.1 Å². The molecular formula is C12H20N2O2. The van der Waals surface area contributed by atoms with E-state index in [-0.39, 0.29) is 6.61 Å². The fraction of sp³-hybridized carbons (Fsp3) is 0.750. The van der Waals surface area contributed by atoms with Crippen LogP contribution in [0.1, 0.15) is 31.9 Å². The lowest BCUT2D eigenvalue weighted by Crippen LogP contribution is -2.35. The summed E-state index contributed by atoms with van der Waals surface area (Å²) >= 11 is 0. The van der Waals surface area contributed by atoms with Crippen LogP contribution in [-0.2, 0) is 6.42 Å². The third kappa shape index (κ3) is 2.55. The van der Waals surface area contributed by atoms with Gasteiger partial charge in [-0.15, -0.1) is 0 Å². The SMILES string of the molecule is CCc1cnc(N2CCCC(CCO)C2)o1. The Labute approximate surface area is 96.3 Å². The summed E-state index contributed by atoms with van der Waals surface area (Å²) in [6.07, 6.45) is 5.96. The lowest BCUT2D eigenvalue weighted by atomic mass is 9.95. The Morgan fingerprint density at radius 1 is 1.62 bits per heavy atom. The topological polar surface area (TPSA) is 49.5 Å². The molecule has 1 unspecified atom stereocenters. The van der Waals surface area contributed by atoms with E-state index in [1.807, 2.05) is 6.20 Å². The molecular weight excluding hydrogens is 204 g/mol. The van der Waals surface area contributed by atoms with Gasteiger partial charge in [0.25, 0.3) is 6.01 Å². The minimum atomic E-state index is 0.282. The maximum atomic E-state index is 8.96. The second-order valence-electron chi connectivity index (χ2n) is 4.43. The van der Waals surface area contributed by atoms with Crippen LogP contribution in [0.3, 0.4) is 0 Å². The van der Waals surface area contributed by atoms with Gasteiger partial charge in [0.2, 0.25) is 0 Å². The van der Waals surface area contributed by atoms with Gasteiger partial charge in [-0.25, -0.2) is 4.98 Å². The molecule has 1 N–H and O–H groups in total. The Morgan fingerprint density at radius 3 is 3.19 bits per heavy atom. The fourth-order valence-electron chi connectivity index (χ4n) is 2.26. The zero-order valence-corrected chi connectivity index (χ0v) is 9.85. The van der Waals surface area contributed by atoms with Crippen LogP contribution in [0.15, 0.2) is 10.6 Å². The van der Waals surface area contributed by atoms with Gasteiger partial charge >= 0.3 is 0 Å². The molecule has 0 aliphatic carbocycles. The Hall–Kier alpha value is -1.03. The summed E-state index contributed by atoms with van der Waals surface area (Å²) in [7, 11) is 0. The zero-order valence-electron chi connectivity index (χ0n) is 9.85. The summed E-state index contributed by atoms with van der Waals surface area (Å²) < 4.78 is 5.65. The quantitative estimate of drug-likeness (QED) is 0.847. The van der Waals surface area contributed by atoms with Crippen molar-refractivity contribution in [1.82, 2.24) is 4.98 Å². The summed E-state index contributed by atoms with van der Waals surface area (Å²) in [4.78, 5) is 6.50. The van der Waals surface area contributed by atoms with Crippen molar-refractivity contribution in [3.8, 4) is 0 Å². The van der Waals surface area contributed by atoms with E-state index >= 15 is 0 Å². The van der Waals surface area contributed by atoms with Crippen molar-refractivity contribution in [2.24, 2.45) is 5.92 Å². The monoisotopic (exact) mass is 224 g/mol. The van der Waals surface area contributed by atoms with Crippen molar-refractivity contribution in [2.75, 3.05) is 24.6 Å². The molecule has 1 saturated heterocycles. The third-order valence-electron chi connectivity index (χ3n) is 3.22. The molecule has 1 aliphatic heterocycles. The number of anilines is 1. The predicted molar refractivity (Wildman–Crippen MR) is 62.5 cm³/mol. The summed E-state index contributed by atoms with van der Waals surface area (Å²) in [6.45, 7) is 4.33. The highest BCUT2D eigenvalue weighted by atomic mass is 16.4. The molecule has 0 aromatic carbocycles. The lowest BCUT2D eigenvalue weighted by molar-refractivity contribution is 0.242. The van der Waals surface area contributed by atoms with Crippen molar-refractivity contribution >= 4 is 6.01 Å². The van der Waals surface area contributed by atoms with Crippen molar-refractivity contribution in [3.63, 3.8) is 0 Å². The van der Waals surface area contributed by atoms with Crippen molar-refractivity contribution in [1.29, 1.82) is 0 Å². The molecule has 0 saturated carbocycles. The molecule has 0 spiro atoms. The van der Waals surface area contributed by atoms with E-state index < -0.39 is 0 Å². The number of rotatable bonds is 4. The summed E-state index contributed by atoms with van der Waals surface area (Å²) in [5.41, 5.74) is 0. The molecule has 1 atom stereocenters.